The second-order valence-corrected chi connectivity index (χ2v) is 6.48. The largest absolute Gasteiger partial charge is 0.481 e. The molecule has 20 heavy (non-hydrogen) atoms. The molecule has 1 N–H and O–H groups in total. The van der Waals surface area contributed by atoms with E-state index in [0.717, 1.165) is 15.8 Å². The quantitative estimate of drug-likeness (QED) is 0.760. The highest BCUT2D eigenvalue weighted by atomic mass is 79.9. The van der Waals surface area contributed by atoms with Gasteiger partial charge in [-0.25, -0.2) is 0 Å². The highest BCUT2D eigenvalue weighted by molar-refractivity contribution is 9.10. The zero-order valence-electron chi connectivity index (χ0n) is 10.8. The molecule has 2 aromatic carbocycles. The minimum Gasteiger partial charge on any atom is -0.481 e. The lowest BCUT2D eigenvalue weighted by Crippen LogP contribution is -2.12. The summed E-state index contributed by atoms with van der Waals surface area (Å²) in [6.45, 7) is 0. The fourth-order valence-corrected chi connectivity index (χ4v) is 3.32. The summed E-state index contributed by atoms with van der Waals surface area (Å²) in [4.78, 5) is 12.6. The Morgan fingerprint density at radius 1 is 1.15 bits per heavy atom. The molecule has 1 unspecified atom stereocenters. The second-order valence-electron chi connectivity index (χ2n) is 4.40. The molecule has 0 heterocycles. The molecular formula is C16H15BrO2S. The first-order valence-electron chi connectivity index (χ1n) is 6.33. The van der Waals surface area contributed by atoms with Crippen LogP contribution in [0.15, 0.2) is 64.0 Å². The van der Waals surface area contributed by atoms with Gasteiger partial charge in [-0.15, -0.1) is 11.8 Å². The molecule has 2 nitrogen and oxygen atoms in total. The summed E-state index contributed by atoms with van der Waals surface area (Å²) < 4.78 is 0.914. The van der Waals surface area contributed by atoms with E-state index >= 15 is 0 Å². The molecule has 2 aromatic rings. The number of carboxylic acids is 1. The van der Waals surface area contributed by atoms with E-state index in [1.807, 2.05) is 54.6 Å². The van der Waals surface area contributed by atoms with Crippen LogP contribution in [0.2, 0.25) is 0 Å². The predicted octanol–water partition coefficient (Wildman–Crippen LogP) is 4.80. The van der Waals surface area contributed by atoms with Crippen molar-refractivity contribution in [3.63, 3.8) is 0 Å². The summed E-state index contributed by atoms with van der Waals surface area (Å²) in [5, 5.41) is 9.39. The number of carbonyl (C=O) groups is 1. The SMILES string of the molecule is O=C(O)C(CCSc1ccccc1)c1cccc(Br)c1. The Morgan fingerprint density at radius 3 is 2.55 bits per heavy atom. The molecule has 0 bridgehead atoms. The minimum atomic E-state index is -0.767. The van der Waals surface area contributed by atoms with E-state index in [1.54, 1.807) is 11.8 Å². The Kier molecular flexibility index (Phi) is 5.68. The Hall–Kier alpha value is -1.26. The fraction of sp³-hybridized carbons (Fsp3) is 0.188. The summed E-state index contributed by atoms with van der Waals surface area (Å²) in [6.07, 6.45) is 0.616. The number of carboxylic acid groups (broad SMARTS) is 1. The molecular weight excluding hydrogens is 336 g/mol. The summed E-state index contributed by atoms with van der Waals surface area (Å²) in [7, 11) is 0. The van der Waals surface area contributed by atoms with Crippen LogP contribution in [0.5, 0.6) is 0 Å². The van der Waals surface area contributed by atoms with Crippen molar-refractivity contribution < 1.29 is 9.90 Å². The van der Waals surface area contributed by atoms with Gasteiger partial charge in [-0.2, -0.15) is 0 Å². The number of thioether (sulfide) groups is 1. The van der Waals surface area contributed by atoms with Crippen LogP contribution in [0, 0.1) is 0 Å². The van der Waals surface area contributed by atoms with Gasteiger partial charge in [0.25, 0.3) is 0 Å². The summed E-state index contributed by atoms with van der Waals surface area (Å²) >= 11 is 5.08. The van der Waals surface area contributed by atoms with Crippen molar-refractivity contribution in [3.8, 4) is 0 Å². The van der Waals surface area contributed by atoms with Crippen LogP contribution in [0.1, 0.15) is 17.9 Å². The molecule has 0 saturated carbocycles. The molecule has 0 aromatic heterocycles. The Morgan fingerprint density at radius 2 is 1.90 bits per heavy atom. The van der Waals surface area contributed by atoms with Crippen LogP contribution in [-0.4, -0.2) is 16.8 Å². The summed E-state index contributed by atoms with van der Waals surface area (Å²) in [5.41, 5.74) is 0.848. The van der Waals surface area contributed by atoms with Crippen molar-refractivity contribution in [2.75, 3.05) is 5.75 Å². The molecule has 1 atom stereocenters. The Balaban J connectivity index is 1.98. The number of hydrogen-bond acceptors (Lipinski definition) is 2. The minimum absolute atomic E-state index is 0.455. The van der Waals surface area contributed by atoms with Crippen LogP contribution < -0.4 is 0 Å². The van der Waals surface area contributed by atoms with E-state index in [2.05, 4.69) is 15.9 Å². The van der Waals surface area contributed by atoms with Crippen LogP contribution in [-0.2, 0) is 4.79 Å². The fourth-order valence-electron chi connectivity index (χ4n) is 1.97. The first-order chi connectivity index (χ1) is 9.66. The number of aliphatic carboxylic acids is 1. The first kappa shape index (κ1) is 15.1. The third-order valence-corrected chi connectivity index (χ3v) is 4.51. The van der Waals surface area contributed by atoms with Crippen molar-refractivity contribution in [1.29, 1.82) is 0 Å². The third kappa shape index (κ3) is 4.39. The van der Waals surface area contributed by atoms with E-state index in [9.17, 15) is 9.90 Å². The van der Waals surface area contributed by atoms with Gasteiger partial charge in [0.2, 0.25) is 0 Å². The zero-order valence-corrected chi connectivity index (χ0v) is 13.2. The molecule has 0 aliphatic carbocycles. The van der Waals surface area contributed by atoms with E-state index < -0.39 is 11.9 Å². The lowest BCUT2D eigenvalue weighted by molar-refractivity contribution is -0.138. The third-order valence-electron chi connectivity index (χ3n) is 2.97. The standard InChI is InChI=1S/C16H15BrO2S/c17-13-6-4-5-12(11-13)15(16(18)19)9-10-20-14-7-2-1-3-8-14/h1-8,11,15H,9-10H2,(H,18,19). The van der Waals surface area contributed by atoms with Gasteiger partial charge in [0.1, 0.15) is 0 Å². The molecule has 104 valence electrons. The molecule has 0 fully saturated rings. The smallest absolute Gasteiger partial charge is 0.311 e. The molecule has 0 saturated heterocycles. The van der Waals surface area contributed by atoms with Gasteiger partial charge in [-0.1, -0.05) is 46.3 Å². The van der Waals surface area contributed by atoms with Gasteiger partial charge in [0.15, 0.2) is 0 Å². The summed E-state index contributed by atoms with van der Waals surface area (Å²) in [6, 6.07) is 17.6. The van der Waals surface area contributed by atoms with Crippen molar-refractivity contribution in [1.82, 2.24) is 0 Å². The predicted molar refractivity (Wildman–Crippen MR) is 86.3 cm³/mol. The maximum atomic E-state index is 11.4. The monoisotopic (exact) mass is 350 g/mol. The van der Waals surface area contributed by atoms with Crippen LogP contribution in [0.3, 0.4) is 0 Å². The van der Waals surface area contributed by atoms with Gasteiger partial charge in [0, 0.05) is 9.37 Å². The van der Waals surface area contributed by atoms with Crippen molar-refractivity contribution in [3.05, 3.63) is 64.6 Å². The number of benzene rings is 2. The average molecular weight is 351 g/mol. The highest BCUT2D eigenvalue weighted by Gasteiger charge is 2.19. The van der Waals surface area contributed by atoms with E-state index in [1.165, 1.54) is 4.90 Å². The van der Waals surface area contributed by atoms with E-state index in [-0.39, 0.29) is 0 Å². The zero-order chi connectivity index (χ0) is 14.4. The molecule has 0 aliphatic rings. The van der Waals surface area contributed by atoms with Gasteiger partial charge in [0.05, 0.1) is 5.92 Å². The first-order valence-corrected chi connectivity index (χ1v) is 8.11. The molecule has 4 heteroatoms. The van der Waals surface area contributed by atoms with E-state index in [4.69, 9.17) is 0 Å². The van der Waals surface area contributed by atoms with Crippen molar-refractivity contribution in [2.24, 2.45) is 0 Å². The summed E-state index contributed by atoms with van der Waals surface area (Å²) in [5.74, 6) is -0.437. The topological polar surface area (TPSA) is 37.3 Å². The maximum absolute atomic E-state index is 11.4. The Labute approximate surface area is 131 Å². The van der Waals surface area contributed by atoms with Crippen molar-refractivity contribution >= 4 is 33.7 Å². The van der Waals surface area contributed by atoms with Crippen molar-refractivity contribution in [2.45, 2.75) is 17.2 Å². The van der Waals surface area contributed by atoms with Crippen LogP contribution in [0.4, 0.5) is 0 Å². The van der Waals surface area contributed by atoms with Gasteiger partial charge in [-0.3, -0.25) is 4.79 Å². The number of rotatable bonds is 6. The molecule has 0 amide bonds. The lowest BCUT2D eigenvalue weighted by atomic mass is 9.97. The highest BCUT2D eigenvalue weighted by Crippen LogP contribution is 2.27. The average Bonchev–Trinajstić information content (AvgIpc) is 2.44. The normalized spacial score (nSPS) is 12.1. The molecule has 0 spiro atoms. The number of hydrogen-bond donors (Lipinski definition) is 1. The van der Waals surface area contributed by atoms with Gasteiger partial charge < -0.3 is 5.11 Å². The lowest BCUT2D eigenvalue weighted by Gasteiger charge is -2.13. The maximum Gasteiger partial charge on any atom is 0.311 e. The van der Waals surface area contributed by atoms with Crippen LogP contribution in [0.25, 0.3) is 0 Å². The molecule has 0 radical (unpaired) electrons. The Bertz CT molecular complexity index is 572. The number of halogens is 1. The van der Waals surface area contributed by atoms with Gasteiger partial charge in [-0.05, 0) is 42.0 Å². The molecule has 0 aliphatic heterocycles. The van der Waals surface area contributed by atoms with Crippen LogP contribution >= 0.6 is 27.7 Å². The van der Waals surface area contributed by atoms with E-state index in [0.29, 0.717) is 6.42 Å². The second kappa shape index (κ2) is 7.50. The van der Waals surface area contributed by atoms with Gasteiger partial charge >= 0.3 is 5.97 Å². The molecule has 2 rings (SSSR count).